The molecule has 0 aromatic heterocycles. The molecule has 0 bridgehead atoms. The minimum absolute atomic E-state index is 0.0591. The van der Waals surface area contributed by atoms with Gasteiger partial charge in [0.15, 0.2) is 0 Å². The number of carbonyl (C=O) groups excluding carboxylic acids is 2. The van der Waals surface area contributed by atoms with Crippen LogP contribution < -0.4 is 0 Å². The molecule has 2 amide bonds. The summed E-state index contributed by atoms with van der Waals surface area (Å²) in [7, 11) is 0. The van der Waals surface area contributed by atoms with Crippen LogP contribution in [-0.4, -0.2) is 47.8 Å². The lowest BCUT2D eigenvalue weighted by Crippen LogP contribution is -2.49. The van der Waals surface area contributed by atoms with Gasteiger partial charge in [-0.2, -0.15) is 0 Å². The molecule has 4 nitrogen and oxygen atoms in total. The molecular weight excluding hydrogens is 168 g/mol. The third-order valence-electron chi connectivity index (χ3n) is 2.18. The molecule has 1 aliphatic heterocycles. The van der Waals surface area contributed by atoms with Gasteiger partial charge in [-0.3, -0.25) is 9.59 Å². The Balaban J connectivity index is 2.43. The molecule has 1 rings (SSSR count). The van der Waals surface area contributed by atoms with Crippen LogP contribution in [0.5, 0.6) is 0 Å². The Bertz CT molecular complexity index is 230. The van der Waals surface area contributed by atoms with Gasteiger partial charge >= 0.3 is 0 Å². The van der Waals surface area contributed by atoms with Gasteiger partial charge in [0.05, 0.1) is 0 Å². The molecule has 4 heteroatoms. The van der Waals surface area contributed by atoms with Gasteiger partial charge in [-0.1, -0.05) is 6.58 Å². The highest BCUT2D eigenvalue weighted by atomic mass is 16.2. The molecule has 0 spiro atoms. The fourth-order valence-corrected chi connectivity index (χ4v) is 1.35. The van der Waals surface area contributed by atoms with Crippen LogP contribution in [0.25, 0.3) is 0 Å². The summed E-state index contributed by atoms with van der Waals surface area (Å²) in [4.78, 5) is 25.4. The molecule has 0 aliphatic carbocycles. The Labute approximate surface area is 77.8 Å². The van der Waals surface area contributed by atoms with E-state index in [2.05, 4.69) is 0 Å². The molecule has 0 unspecified atom stereocenters. The maximum absolute atomic E-state index is 11.1. The van der Waals surface area contributed by atoms with Gasteiger partial charge in [-0.15, -0.1) is 0 Å². The minimum Gasteiger partial charge on any atom is -0.339 e. The van der Waals surface area contributed by atoms with Crippen molar-refractivity contribution in [1.29, 1.82) is 0 Å². The summed E-state index contributed by atoms with van der Waals surface area (Å²) in [5, 5.41) is 0. The van der Waals surface area contributed by atoms with Crippen LogP contribution in [-0.2, 0) is 9.59 Å². The van der Waals surface area contributed by atoms with E-state index in [9.17, 15) is 9.59 Å². The summed E-state index contributed by atoms with van der Waals surface area (Å²) >= 11 is 0. The number of piperazine rings is 1. The third-order valence-corrected chi connectivity index (χ3v) is 2.18. The van der Waals surface area contributed by atoms with Crippen molar-refractivity contribution in [2.45, 2.75) is 6.92 Å². The molecule has 71 valence electrons. The number of carbonyl (C=O) groups is 2. The lowest BCUT2D eigenvalue weighted by atomic mass is 10.3. The average Bonchev–Trinajstić information content (AvgIpc) is 2.17. The lowest BCUT2D eigenvalue weighted by molar-refractivity contribution is -0.135. The predicted octanol–water partition coefficient (Wildman–Crippen LogP) is -0.334. The number of nitrogens with zero attached hydrogens (tertiary/aromatic N) is 2. The van der Waals surface area contributed by atoms with E-state index in [0.29, 0.717) is 26.2 Å². The monoisotopic (exact) mass is 181 g/mol. The Morgan fingerprint density at radius 3 is 2.00 bits per heavy atom. The zero-order valence-electron chi connectivity index (χ0n) is 7.69. The van der Waals surface area contributed by atoms with Crippen LogP contribution >= 0.6 is 0 Å². The van der Waals surface area contributed by atoms with Crippen LogP contribution in [0.1, 0.15) is 6.92 Å². The van der Waals surface area contributed by atoms with E-state index < -0.39 is 0 Å². The second-order valence-corrected chi connectivity index (χ2v) is 3.00. The quantitative estimate of drug-likeness (QED) is 0.519. The highest BCUT2D eigenvalue weighted by Gasteiger charge is 2.20. The van der Waals surface area contributed by atoms with Crippen LogP contribution in [0.15, 0.2) is 6.08 Å². The van der Waals surface area contributed by atoms with Gasteiger partial charge in [-0.25, -0.2) is 0 Å². The third kappa shape index (κ3) is 2.31. The molecule has 1 radical (unpaired) electrons. The second kappa shape index (κ2) is 4.07. The molecule has 1 saturated heterocycles. The van der Waals surface area contributed by atoms with Gasteiger partial charge in [0.2, 0.25) is 11.8 Å². The van der Waals surface area contributed by atoms with Crippen molar-refractivity contribution in [3.63, 3.8) is 0 Å². The SMILES string of the molecule is [CH]=CC(=O)N1CCN(C(C)=O)CC1. The standard InChI is InChI=1S/C9H13N2O2/c1-3-9(13)11-6-4-10(5-7-11)8(2)12/h1,3H,4-7H2,2H3. The van der Waals surface area contributed by atoms with E-state index >= 15 is 0 Å². The van der Waals surface area contributed by atoms with E-state index in [1.165, 1.54) is 6.92 Å². The maximum Gasteiger partial charge on any atom is 0.246 e. The first-order valence-electron chi connectivity index (χ1n) is 4.24. The van der Waals surface area contributed by atoms with E-state index in [1.807, 2.05) is 0 Å². The van der Waals surface area contributed by atoms with Crippen molar-refractivity contribution in [2.75, 3.05) is 26.2 Å². The van der Waals surface area contributed by atoms with E-state index in [-0.39, 0.29) is 11.8 Å². The molecule has 0 atom stereocenters. The van der Waals surface area contributed by atoms with E-state index in [4.69, 9.17) is 6.58 Å². The molecule has 1 heterocycles. The fraction of sp³-hybridized carbons (Fsp3) is 0.556. The average molecular weight is 181 g/mol. The second-order valence-electron chi connectivity index (χ2n) is 3.00. The van der Waals surface area contributed by atoms with E-state index in [0.717, 1.165) is 6.08 Å². The molecular formula is C9H13N2O2. The molecule has 1 aliphatic rings. The van der Waals surface area contributed by atoms with Crippen molar-refractivity contribution >= 4 is 11.8 Å². The summed E-state index contributed by atoms with van der Waals surface area (Å²) in [6.45, 7) is 9.00. The zero-order valence-corrected chi connectivity index (χ0v) is 7.69. The molecule has 0 aromatic rings. The summed E-state index contributed by atoms with van der Waals surface area (Å²) < 4.78 is 0. The fourth-order valence-electron chi connectivity index (χ4n) is 1.35. The molecule has 0 N–H and O–H groups in total. The smallest absolute Gasteiger partial charge is 0.246 e. The Hall–Kier alpha value is -1.32. The predicted molar refractivity (Wildman–Crippen MR) is 47.7 cm³/mol. The lowest BCUT2D eigenvalue weighted by Gasteiger charge is -2.33. The topological polar surface area (TPSA) is 40.6 Å². The summed E-state index contributed by atoms with van der Waals surface area (Å²) in [5.74, 6) is -0.105. The minimum atomic E-state index is -0.164. The van der Waals surface area contributed by atoms with Gasteiger partial charge in [-0.05, 0) is 0 Å². The van der Waals surface area contributed by atoms with Gasteiger partial charge in [0.25, 0.3) is 0 Å². The molecule has 1 fully saturated rings. The van der Waals surface area contributed by atoms with Crippen LogP contribution in [0, 0.1) is 6.58 Å². The number of hydrogen-bond acceptors (Lipinski definition) is 2. The van der Waals surface area contributed by atoms with Crippen LogP contribution in [0.4, 0.5) is 0 Å². The maximum atomic E-state index is 11.1. The number of rotatable bonds is 1. The Morgan fingerprint density at radius 1 is 1.15 bits per heavy atom. The number of amides is 2. The first kappa shape index (κ1) is 9.77. The van der Waals surface area contributed by atoms with Crippen molar-refractivity contribution in [3.8, 4) is 0 Å². The zero-order chi connectivity index (χ0) is 9.84. The van der Waals surface area contributed by atoms with Crippen molar-refractivity contribution in [2.24, 2.45) is 0 Å². The largest absolute Gasteiger partial charge is 0.339 e. The van der Waals surface area contributed by atoms with Crippen LogP contribution in [0.2, 0.25) is 0 Å². The Morgan fingerprint density at radius 2 is 1.62 bits per heavy atom. The normalized spacial score (nSPS) is 17.0. The van der Waals surface area contributed by atoms with Gasteiger partial charge < -0.3 is 9.80 Å². The first-order chi connectivity index (χ1) is 6.15. The highest BCUT2D eigenvalue weighted by Crippen LogP contribution is 2.02. The summed E-state index contributed by atoms with van der Waals surface area (Å²) in [6.07, 6.45) is 1.06. The number of hydrogen-bond donors (Lipinski definition) is 0. The van der Waals surface area contributed by atoms with Gasteiger partial charge in [0, 0.05) is 39.2 Å². The van der Waals surface area contributed by atoms with Gasteiger partial charge in [0.1, 0.15) is 0 Å². The highest BCUT2D eigenvalue weighted by molar-refractivity contribution is 5.86. The summed E-state index contributed by atoms with van der Waals surface area (Å²) in [5.41, 5.74) is 0. The Kier molecular flexibility index (Phi) is 3.06. The van der Waals surface area contributed by atoms with Crippen molar-refractivity contribution < 1.29 is 9.59 Å². The van der Waals surface area contributed by atoms with Crippen molar-refractivity contribution in [1.82, 2.24) is 9.80 Å². The molecule has 0 aromatic carbocycles. The van der Waals surface area contributed by atoms with Crippen molar-refractivity contribution in [3.05, 3.63) is 12.7 Å². The van der Waals surface area contributed by atoms with E-state index in [1.54, 1.807) is 9.80 Å². The molecule has 13 heavy (non-hydrogen) atoms. The summed E-state index contributed by atoms with van der Waals surface area (Å²) in [6, 6.07) is 0. The first-order valence-corrected chi connectivity index (χ1v) is 4.24. The van der Waals surface area contributed by atoms with Crippen LogP contribution in [0.3, 0.4) is 0 Å². The molecule has 0 saturated carbocycles.